The Kier molecular flexibility index (Phi) is 4.26. The molecule has 110 valence electrons. The number of carbonyl (C=O) groups excluding carboxylic acids is 1. The van der Waals surface area contributed by atoms with Gasteiger partial charge >= 0.3 is 12.3 Å². The van der Waals surface area contributed by atoms with Crippen LogP contribution in [0.3, 0.4) is 0 Å². The highest BCUT2D eigenvalue weighted by Crippen LogP contribution is 2.22. The molecule has 0 fully saturated rings. The number of hydrogen-bond acceptors (Lipinski definition) is 3. The molecule has 8 heteroatoms. The number of amides is 1. The van der Waals surface area contributed by atoms with Crippen molar-refractivity contribution in [3.05, 3.63) is 29.8 Å². The largest absolute Gasteiger partial charge is 0.573 e. The zero-order valence-corrected chi connectivity index (χ0v) is 10.6. The minimum Gasteiger partial charge on any atom is -0.480 e. The zero-order valence-electron chi connectivity index (χ0n) is 10.6. The van der Waals surface area contributed by atoms with Crippen LogP contribution in [-0.2, 0) is 4.79 Å². The van der Waals surface area contributed by atoms with Crippen molar-refractivity contribution >= 4 is 11.9 Å². The number of benzene rings is 1. The Labute approximate surface area is 112 Å². The summed E-state index contributed by atoms with van der Waals surface area (Å²) in [5.74, 6) is -2.41. The van der Waals surface area contributed by atoms with E-state index in [0.29, 0.717) is 0 Å². The fourth-order valence-electron chi connectivity index (χ4n) is 1.22. The zero-order chi connectivity index (χ0) is 15.6. The maximum atomic E-state index is 11.9. The summed E-state index contributed by atoms with van der Waals surface area (Å²) >= 11 is 0. The van der Waals surface area contributed by atoms with Crippen LogP contribution in [-0.4, -0.2) is 28.9 Å². The number of alkyl halides is 3. The fraction of sp³-hybridized carbons (Fsp3) is 0.333. The minimum atomic E-state index is -4.81. The Balaban J connectivity index is 2.79. The molecule has 0 unspecified atom stereocenters. The third-order valence-electron chi connectivity index (χ3n) is 2.31. The van der Waals surface area contributed by atoms with Gasteiger partial charge in [-0.2, -0.15) is 0 Å². The topological polar surface area (TPSA) is 75.6 Å². The summed E-state index contributed by atoms with van der Waals surface area (Å²) in [6.45, 7) is 2.57. The molecular formula is C12H12F3NO4. The molecule has 0 bridgehead atoms. The molecular weight excluding hydrogens is 279 g/mol. The van der Waals surface area contributed by atoms with Crippen molar-refractivity contribution in [2.24, 2.45) is 0 Å². The smallest absolute Gasteiger partial charge is 0.480 e. The fourth-order valence-corrected chi connectivity index (χ4v) is 1.22. The van der Waals surface area contributed by atoms with Gasteiger partial charge in [0.1, 0.15) is 11.3 Å². The lowest BCUT2D eigenvalue weighted by molar-refractivity contribution is -0.274. The highest BCUT2D eigenvalue weighted by atomic mass is 19.4. The van der Waals surface area contributed by atoms with E-state index >= 15 is 0 Å². The molecule has 2 N–H and O–H groups in total. The Morgan fingerprint density at radius 3 is 2.05 bits per heavy atom. The molecule has 0 aliphatic rings. The Hall–Kier alpha value is -2.25. The van der Waals surface area contributed by atoms with Gasteiger partial charge in [-0.25, -0.2) is 4.79 Å². The SMILES string of the molecule is CC(C)(NC(=O)c1ccc(OC(F)(F)F)cc1)C(=O)O. The van der Waals surface area contributed by atoms with Crippen molar-refractivity contribution in [1.29, 1.82) is 0 Å². The molecule has 0 aromatic heterocycles. The van der Waals surface area contributed by atoms with Crippen molar-refractivity contribution < 1.29 is 32.6 Å². The normalized spacial score (nSPS) is 11.8. The number of aliphatic carboxylic acids is 1. The van der Waals surface area contributed by atoms with Crippen LogP contribution >= 0.6 is 0 Å². The number of carboxylic acids is 1. The third kappa shape index (κ3) is 4.45. The van der Waals surface area contributed by atoms with Crippen molar-refractivity contribution in [2.45, 2.75) is 25.7 Å². The van der Waals surface area contributed by atoms with E-state index < -0.39 is 29.5 Å². The molecule has 0 aliphatic carbocycles. The molecule has 0 radical (unpaired) electrons. The Morgan fingerprint density at radius 1 is 1.15 bits per heavy atom. The second kappa shape index (κ2) is 5.40. The van der Waals surface area contributed by atoms with E-state index in [4.69, 9.17) is 5.11 Å². The van der Waals surface area contributed by atoms with Crippen molar-refractivity contribution in [3.63, 3.8) is 0 Å². The van der Waals surface area contributed by atoms with Gasteiger partial charge in [-0.1, -0.05) is 0 Å². The molecule has 1 rings (SSSR count). The summed E-state index contributed by atoms with van der Waals surface area (Å²) in [5.41, 5.74) is -1.47. The van der Waals surface area contributed by atoms with Crippen LogP contribution in [0.1, 0.15) is 24.2 Å². The van der Waals surface area contributed by atoms with E-state index in [2.05, 4.69) is 10.1 Å². The van der Waals surface area contributed by atoms with Crippen LogP contribution in [0.5, 0.6) is 5.75 Å². The van der Waals surface area contributed by atoms with Crippen LogP contribution in [0.25, 0.3) is 0 Å². The number of carboxylic acid groups (broad SMARTS) is 1. The predicted molar refractivity (Wildman–Crippen MR) is 62.3 cm³/mol. The summed E-state index contributed by atoms with van der Waals surface area (Å²) in [6, 6.07) is 4.15. The predicted octanol–water partition coefficient (Wildman–Crippen LogP) is 2.18. The van der Waals surface area contributed by atoms with Gasteiger partial charge < -0.3 is 15.2 Å². The van der Waals surface area contributed by atoms with Gasteiger partial charge in [-0.05, 0) is 38.1 Å². The summed E-state index contributed by atoms with van der Waals surface area (Å²) in [6.07, 6.45) is -4.81. The Morgan fingerprint density at radius 2 is 1.65 bits per heavy atom. The lowest BCUT2D eigenvalue weighted by Crippen LogP contribution is -2.49. The van der Waals surface area contributed by atoms with Gasteiger partial charge in [0.2, 0.25) is 0 Å². The molecule has 0 saturated carbocycles. The van der Waals surface area contributed by atoms with E-state index in [0.717, 1.165) is 24.3 Å². The van der Waals surface area contributed by atoms with E-state index in [1.165, 1.54) is 13.8 Å². The second-order valence-electron chi connectivity index (χ2n) is 4.46. The second-order valence-corrected chi connectivity index (χ2v) is 4.46. The number of nitrogens with one attached hydrogen (secondary N) is 1. The molecule has 5 nitrogen and oxygen atoms in total. The van der Waals surface area contributed by atoms with E-state index in [1.54, 1.807) is 0 Å². The molecule has 1 aromatic rings. The first kappa shape index (κ1) is 15.8. The van der Waals surface area contributed by atoms with Crippen LogP contribution in [0, 0.1) is 0 Å². The number of ether oxygens (including phenoxy) is 1. The summed E-state index contributed by atoms with van der Waals surface area (Å²) < 4.78 is 39.5. The lowest BCUT2D eigenvalue weighted by atomic mass is 10.1. The molecule has 0 heterocycles. The maximum absolute atomic E-state index is 11.9. The van der Waals surface area contributed by atoms with E-state index in [-0.39, 0.29) is 5.56 Å². The molecule has 0 atom stereocenters. The quantitative estimate of drug-likeness (QED) is 0.891. The average Bonchev–Trinajstić information content (AvgIpc) is 2.26. The minimum absolute atomic E-state index is 0.0221. The third-order valence-corrected chi connectivity index (χ3v) is 2.31. The van der Waals surface area contributed by atoms with Gasteiger partial charge in [0.05, 0.1) is 0 Å². The van der Waals surface area contributed by atoms with Crippen LogP contribution in [0.15, 0.2) is 24.3 Å². The number of rotatable bonds is 4. The van der Waals surface area contributed by atoms with E-state index in [1.807, 2.05) is 0 Å². The van der Waals surface area contributed by atoms with Crippen molar-refractivity contribution in [3.8, 4) is 5.75 Å². The van der Waals surface area contributed by atoms with Crippen LogP contribution < -0.4 is 10.1 Å². The molecule has 1 aromatic carbocycles. The summed E-state index contributed by atoms with van der Waals surface area (Å²) in [5, 5.41) is 11.1. The van der Waals surface area contributed by atoms with Crippen LogP contribution in [0.4, 0.5) is 13.2 Å². The molecule has 0 aliphatic heterocycles. The molecule has 0 spiro atoms. The highest BCUT2D eigenvalue weighted by molar-refractivity contribution is 5.97. The standard InChI is InChI=1S/C12H12F3NO4/c1-11(2,10(18)19)16-9(17)7-3-5-8(6-4-7)20-12(13,14)15/h3-6H,1-2H3,(H,16,17)(H,18,19). The first-order chi connectivity index (χ1) is 9.01. The van der Waals surface area contributed by atoms with Gasteiger partial charge in [0, 0.05) is 5.56 Å². The number of hydrogen-bond donors (Lipinski definition) is 2. The van der Waals surface area contributed by atoms with Gasteiger partial charge in [-0.15, -0.1) is 13.2 Å². The summed E-state index contributed by atoms with van der Waals surface area (Å²) in [7, 11) is 0. The number of halogens is 3. The average molecular weight is 291 g/mol. The van der Waals surface area contributed by atoms with E-state index in [9.17, 15) is 22.8 Å². The van der Waals surface area contributed by atoms with Crippen molar-refractivity contribution in [1.82, 2.24) is 5.32 Å². The maximum Gasteiger partial charge on any atom is 0.573 e. The summed E-state index contributed by atoms with van der Waals surface area (Å²) in [4.78, 5) is 22.6. The molecule has 0 saturated heterocycles. The monoisotopic (exact) mass is 291 g/mol. The molecule has 1 amide bonds. The lowest BCUT2D eigenvalue weighted by Gasteiger charge is -2.21. The van der Waals surface area contributed by atoms with Crippen LogP contribution in [0.2, 0.25) is 0 Å². The number of carbonyl (C=O) groups is 2. The van der Waals surface area contributed by atoms with Gasteiger partial charge in [0.15, 0.2) is 0 Å². The highest BCUT2D eigenvalue weighted by Gasteiger charge is 2.31. The van der Waals surface area contributed by atoms with Gasteiger partial charge in [-0.3, -0.25) is 4.79 Å². The first-order valence-corrected chi connectivity index (χ1v) is 5.43. The molecule has 20 heavy (non-hydrogen) atoms. The van der Waals surface area contributed by atoms with Gasteiger partial charge in [0.25, 0.3) is 5.91 Å². The Bertz CT molecular complexity index is 508. The first-order valence-electron chi connectivity index (χ1n) is 5.43. The van der Waals surface area contributed by atoms with Crippen molar-refractivity contribution in [2.75, 3.05) is 0 Å².